The van der Waals surface area contributed by atoms with E-state index < -0.39 is 17.7 Å². The molecular weight excluding hydrogens is 472 g/mol. The molecule has 0 atom stereocenters. The zero-order chi connectivity index (χ0) is 21.4. The maximum Gasteiger partial charge on any atom is 0.266 e. The Bertz CT molecular complexity index is 1180. The van der Waals surface area contributed by atoms with Crippen molar-refractivity contribution in [3.05, 3.63) is 86.8 Å². The van der Waals surface area contributed by atoms with Crippen molar-refractivity contribution in [1.29, 1.82) is 0 Å². The molecule has 0 spiro atoms. The number of hydrogen-bond acceptors (Lipinski definition) is 4. The monoisotopic (exact) mass is 484 g/mol. The molecule has 3 aromatic rings. The molecule has 0 saturated heterocycles. The predicted octanol–water partition coefficient (Wildman–Crippen LogP) is 5.16. The summed E-state index contributed by atoms with van der Waals surface area (Å²) >= 11 is 9.43. The van der Waals surface area contributed by atoms with E-state index in [0.29, 0.717) is 33.1 Å². The topological polar surface area (TPSA) is 75.7 Å². The second-order valence-electron chi connectivity index (χ2n) is 6.46. The first kappa shape index (κ1) is 20.1. The summed E-state index contributed by atoms with van der Waals surface area (Å²) in [6, 6.07) is 16.3. The first-order valence-corrected chi connectivity index (χ1v) is 10.00. The third-order valence-corrected chi connectivity index (χ3v) is 5.47. The summed E-state index contributed by atoms with van der Waals surface area (Å²) in [4.78, 5) is 39.2. The van der Waals surface area contributed by atoms with Crippen molar-refractivity contribution in [2.45, 2.75) is 0 Å². The van der Waals surface area contributed by atoms with Crippen molar-refractivity contribution in [3.8, 4) is 5.75 Å². The highest BCUT2D eigenvalue weighted by molar-refractivity contribution is 9.10. The second-order valence-corrected chi connectivity index (χ2v) is 7.78. The lowest BCUT2D eigenvalue weighted by atomic mass is 10.1. The first-order chi connectivity index (χ1) is 14.4. The van der Waals surface area contributed by atoms with E-state index in [1.165, 1.54) is 7.11 Å². The highest BCUT2D eigenvalue weighted by atomic mass is 79.9. The Labute approximate surface area is 185 Å². The summed E-state index contributed by atoms with van der Waals surface area (Å²) in [5.74, 6) is -0.988. The molecule has 4 rings (SSSR count). The largest absolute Gasteiger partial charge is 0.494 e. The van der Waals surface area contributed by atoms with Crippen LogP contribution < -0.4 is 15.0 Å². The van der Waals surface area contributed by atoms with Crippen LogP contribution in [0.15, 0.2) is 65.1 Å². The highest BCUT2D eigenvalue weighted by Gasteiger charge is 2.37. The van der Waals surface area contributed by atoms with E-state index >= 15 is 0 Å². The van der Waals surface area contributed by atoms with E-state index in [9.17, 15) is 14.4 Å². The Kier molecular flexibility index (Phi) is 5.32. The third kappa shape index (κ3) is 3.46. The van der Waals surface area contributed by atoms with Crippen molar-refractivity contribution in [3.63, 3.8) is 0 Å². The Hall–Kier alpha value is -3.16. The number of amides is 3. The normalized spacial score (nSPS) is 12.7. The third-order valence-electron chi connectivity index (χ3n) is 4.65. The van der Waals surface area contributed by atoms with Gasteiger partial charge in [-0.05, 0) is 42.5 Å². The molecule has 8 heteroatoms. The van der Waals surface area contributed by atoms with Crippen LogP contribution in [-0.2, 0) is 0 Å². The molecule has 0 saturated carbocycles. The van der Waals surface area contributed by atoms with Gasteiger partial charge in [0, 0.05) is 16.2 Å². The number of ether oxygens (including phenoxy) is 1. The number of methoxy groups -OCH3 is 1. The molecule has 0 fully saturated rings. The van der Waals surface area contributed by atoms with Crippen LogP contribution in [0, 0.1) is 0 Å². The molecule has 1 N–H and O–H groups in total. The van der Waals surface area contributed by atoms with Crippen LogP contribution in [0.2, 0.25) is 5.02 Å². The van der Waals surface area contributed by atoms with E-state index in [2.05, 4.69) is 21.2 Å². The van der Waals surface area contributed by atoms with Gasteiger partial charge in [0.25, 0.3) is 17.7 Å². The number of rotatable bonds is 4. The Balaban J connectivity index is 1.65. The summed E-state index contributed by atoms with van der Waals surface area (Å²) < 4.78 is 6.11. The van der Waals surface area contributed by atoms with Crippen LogP contribution in [0.3, 0.4) is 0 Å². The Morgan fingerprint density at radius 3 is 2.30 bits per heavy atom. The lowest BCUT2D eigenvalue weighted by Crippen LogP contribution is -2.29. The molecule has 0 bridgehead atoms. The summed E-state index contributed by atoms with van der Waals surface area (Å²) in [5.41, 5.74) is 1.70. The molecule has 3 aromatic carbocycles. The fourth-order valence-electron chi connectivity index (χ4n) is 3.22. The van der Waals surface area contributed by atoms with Crippen LogP contribution in [0.1, 0.15) is 31.1 Å². The molecule has 1 heterocycles. The zero-order valence-corrected chi connectivity index (χ0v) is 18.0. The predicted molar refractivity (Wildman–Crippen MR) is 118 cm³/mol. The van der Waals surface area contributed by atoms with Gasteiger partial charge in [0.05, 0.1) is 34.5 Å². The van der Waals surface area contributed by atoms with Crippen molar-refractivity contribution in [2.75, 3.05) is 17.3 Å². The number of nitrogens with one attached hydrogen (secondary N) is 1. The van der Waals surface area contributed by atoms with Gasteiger partial charge in [-0.2, -0.15) is 0 Å². The lowest BCUT2D eigenvalue weighted by Gasteiger charge is -2.18. The Morgan fingerprint density at radius 1 is 1.00 bits per heavy atom. The summed E-state index contributed by atoms with van der Waals surface area (Å²) in [5, 5.41) is 3.06. The molecule has 0 aromatic heterocycles. The van der Waals surface area contributed by atoms with Crippen molar-refractivity contribution in [2.24, 2.45) is 0 Å². The number of hydrogen-bond donors (Lipinski definition) is 1. The summed E-state index contributed by atoms with van der Waals surface area (Å²) in [6.45, 7) is 0. The van der Waals surface area contributed by atoms with Crippen LogP contribution in [0.4, 0.5) is 11.4 Å². The van der Waals surface area contributed by atoms with Crippen molar-refractivity contribution in [1.82, 2.24) is 0 Å². The van der Waals surface area contributed by atoms with Gasteiger partial charge in [0.15, 0.2) is 0 Å². The SMILES string of the molecule is COc1cc(NC(=O)c2cc(Br)ccc2Cl)ccc1N1C(=O)c2ccccc2C1=O. The number of anilines is 2. The number of carbonyl (C=O) groups is 3. The highest BCUT2D eigenvalue weighted by Crippen LogP contribution is 2.36. The van der Waals surface area contributed by atoms with Crippen LogP contribution >= 0.6 is 27.5 Å². The number of halogens is 2. The van der Waals surface area contributed by atoms with Gasteiger partial charge >= 0.3 is 0 Å². The average Bonchev–Trinajstić information content (AvgIpc) is 3.00. The maximum absolute atomic E-state index is 12.8. The summed E-state index contributed by atoms with van der Waals surface area (Å²) in [6.07, 6.45) is 0. The fourth-order valence-corrected chi connectivity index (χ4v) is 3.78. The molecule has 0 aliphatic carbocycles. The smallest absolute Gasteiger partial charge is 0.266 e. The number of benzene rings is 3. The molecule has 150 valence electrons. The van der Waals surface area contributed by atoms with Gasteiger partial charge in [0.1, 0.15) is 5.75 Å². The lowest BCUT2D eigenvalue weighted by molar-refractivity contribution is 0.0923. The molecule has 6 nitrogen and oxygen atoms in total. The van der Waals surface area contributed by atoms with Crippen LogP contribution in [0.5, 0.6) is 5.75 Å². The van der Waals surface area contributed by atoms with Crippen LogP contribution in [0.25, 0.3) is 0 Å². The summed E-state index contributed by atoms with van der Waals surface area (Å²) in [7, 11) is 1.42. The van der Waals surface area contributed by atoms with Gasteiger partial charge < -0.3 is 10.1 Å². The average molecular weight is 486 g/mol. The molecular formula is C22H14BrClN2O4. The van der Waals surface area contributed by atoms with Gasteiger partial charge in [-0.3, -0.25) is 14.4 Å². The molecule has 1 aliphatic rings. The van der Waals surface area contributed by atoms with Gasteiger partial charge in [-0.1, -0.05) is 39.7 Å². The number of nitrogens with zero attached hydrogens (tertiary/aromatic N) is 1. The van der Waals surface area contributed by atoms with E-state index in [1.807, 2.05) is 0 Å². The van der Waals surface area contributed by atoms with E-state index in [-0.39, 0.29) is 5.75 Å². The molecule has 3 amide bonds. The van der Waals surface area contributed by atoms with E-state index in [0.717, 1.165) is 9.37 Å². The van der Waals surface area contributed by atoms with Gasteiger partial charge in [-0.15, -0.1) is 0 Å². The molecule has 0 radical (unpaired) electrons. The maximum atomic E-state index is 12.8. The number of imide groups is 1. The number of fused-ring (bicyclic) bond motifs is 1. The van der Waals surface area contributed by atoms with E-state index in [1.54, 1.807) is 60.7 Å². The second kappa shape index (κ2) is 7.93. The first-order valence-electron chi connectivity index (χ1n) is 8.83. The number of carbonyl (C=O) groups excluding carboxylic acids is 3. The standard InChI is InChI=1S/C22H14BrClN2O4/c1-30-19-11-13(25-20(27)16-10-12(23)6-8-17(16)24)7-9-18(19)26-21(28)14-4-2-3-5-15(14)22(26)29/h2-11H,1H3,(H,25,27). The minimum Gasteiger partial charge on any atom is -0.494 e. The molecule has 30 heavy (non-hydrogen) atoms. The quantitative estimate of drug-likeness (QED) is 0.518. The minimum absolute atomic E-state index is 0.266. The minimum atomic E-state index is -0.424. The van der Waals surface area contributed by atoms with E-state index in [4.69, 9.17) is 16.3 Å². The zero-order valence-electron chi connectivity index (χ0n) is 15.6. The van der Waals surface area contributed by atoms with Gasteiger partial charge in [-0.25, -0.2) is 4.90 Å². The van der Waals surface area contributed by atoms with Crippen LogP contribution in [-0.4, -0.2) is 24.8 Å². The van der Waals surface area contributed by atoms with Gasteiger partial charge in [0.2, 0.25) is 0 Å². The Morgan fingerprint density at radius 2 is 1.67 bits per heavy atom. The van der Waals surface area contributed by atoms with Crippen molar-refractivity contribution < 1.29 is 19.1 Å². The molecule has 1 aliphatic heterocycles. The van der Waals surface area contributed by atoms with Crippen molar-refractivity contribution >= 4 is 56.6 Å². The molecule has 0 unspecified atom stereocenters. The fraction of sp³-hybridized carbons (Fsp3) is 0.0455.